The van der Waals surface area contributed by atoms with Crippen LogP contribution in [0.3, 0.4) is 0 Å². The van der Waals surface area contributed by atoms with Crippen LogP contribution in [0.15, 0.2) is 54.6 Å². The number of amides is 1. The first-order valence-electron chi connectivity index (χ1n) is 14.1. The zero-order valence-electron chi connectivity index (χ0n) is 24.5. The van der Waals surface area contributed by atoms with E-state index in [0.29, 0.717) is 32.5 Å². The van der Waals surface area contributed by atoms with Gasteiger partial charge < -0.3 is 19.2 Å². The van der Waals surface area contributed by atoms with Crippen molar-refractivity contribution in [2.24, 2.45) is 5.41 Å². The number of aliphatic hydroxyl groups is 1. The molecule has 1 atom stereocenters. The average Bonchev–Trinajstić information content (AvgIpc) is 2.88. The number of carbonyl (C=O) groups is 1. The second-order valence-corrected chi connectivity index (χ2v) is 14.3. The fourth-order valence-corrected chi connectivity index (χ4v) is 7.02. The molecule has 1 fully saturated rings. The molecule has 2 aromatic rings. The standard InChI is InChI=1S/C31H48N2O4Si/c1-8-9-23-36-27-17-15-26(16-18-27)32(5)28(34)31(29(2,3)4,37-38(6)7)30(35)19-21-33(22-20-30)24-25-13-11-10-12-14-25/h10-18,35,38H,8-9,19-24H2,1-7H3. The van der Waals surface area contributed by atoms with E-state index in [1.807, 2.05) is 51.1 Å². The summed E-state index contributed by atoms with van der Waals surface area (Å²) in [5.74, 6) is 0.602. The van der Waals surface area contributed by atoms with Crippen LogP contribution in [0.1, 0.15) is 58.9 Å². The largest absolute Gasteiger partial charge is 0.494 e. The van der Waals surface area contributed by atoms with Gasteiger partial charge in [-0.1, -0.05) is 64.4 Å². The van der Waals surface area contributed by atoms with Gasteiger partial charge in [-0.2, -0.15) is 0 Å². The topological polar surface area (TPSA) is 62.2 Å². The highest BCUT2D eigenvalue weighted by Crippen LogP contribution is 2.49. The molecule has 38 heavy (non-hydrogen) atoms. The van der Waals surface area contributed by atoms with Gasteiger partial charge in [0.2, 0.25) is 0 Å². The molecule has 3 rings (SSSR count). The van der Waals surface area contributed by atoms with Crippen LogP contribution in [-0.2, 0) is 15.8 Å². The predicted octanol–water partition coefficient (Wildman–Crippen LogP) is 5.64. The number of anilines is 1. The molecule has 2 aromatic carbocycles. The molecule has 7 heteroatoms. The fraction of sp³-hybridized carbons (Fsp3) is 0.581. The van der Waals surface area contributed by atoms with Crippen molar-refractivity contribution in [3.63, 3.8) is 0 Å². The molecule has 0 aliphatic carbocycles. The fourth-order valence-electron chi connectivity index (χ4n) is 5.64. The summed E-state index contributed by atoms with van der Waals surface area (Å²) in [4.78, 5) is 18.6. The molecular formula is C31H48N2O4Si. The third kappa shape index (κ3) is 6.68. The van der Waals surface area contributed by atoms with E-state index in [1.165, 1.54) is 5.56 Å². The Kier molecular flexibility index (Phi) is 10.2. The first-order chi connectivity index (χ1) is 17.9. The van der Waals surface area contributed by atoms with Crippen molar-refractivity contribution in [3.8, 4) is 5.75 Å². The van der Waals surface area contributed by atoms with Gasteiger partial charge in [-0.05, 0) is 62.2 Å². The first-order valence-corrected chi connectivity index (χ1v) is 16.9. The third-order valence-corrected chi connectivity index (χ3v) is 8.48. The van der Waals surface area contributed by atoms with Crippen LogP contribution in [0, 0.1) is 5.41 Å². The van der Waals surface area contributed by atoms with Crippen molar-refractivity contribution in [3.05, 3.63) is 60.2 Å². The van der Waals surface area contributed by atoms with Crippen LogP contribution in [0.4, 0.5) is 5.69 Å². The Balaban J connectivity index is 1.88. The Labute approximate surface area is 231 Å². The van der Waals surface area contributed by atoms with Crippen molar-refractivity contribution >= 4 is 20.6 Å². The normalized spacial score (nSPS) is 17.7. The maximum Gasteiger partial charge on any atom is 0.261 e. The quantitative estimate of drug-likeness (QED) is 0.295. The molecule has 0 aromatic heterocycles. The molecule has 1 aliphatic heterocycles. The van der Waals surface area contributed by atoms with Crippen molar-refractivity contribution in [1.29, 1.82) is 0 Å². The van der Waals surface area contributed by atoms with Crippen LogP contribution >= 0.6 is 0 Å². The number of likely N-dealkylation sites (tertiary alicyclic amines) is 1. The lowest BCUT2D eigenvalue weighted by Crippen LogP contribution is -2.73. The summed E-state index contributed by atoms with van der Waals surface area (Å²) in [6, 6.07) is 18.0. The van der Waals surface area contributed by atoms with E-state index < -0.39 is 25.7 Å². The number of nitrogens with zero attached hydrogens (tertiary/aromatic N) is 2. The van der Waals surface area contributed by atoms with Crippen LogP contribution < -0.4 is 9.64 Å². The molecule has 1 heterocycles. The van der Waals surface area contributed by atoms with E-state index >= 15 is 0 Å². The Morgan fingerprint density at radius 1 is 1.05 bits per heavy atom. The number of hydrogen-bond donors (Lipinski definition) is 1. The molecule has 0 spiro atoms. The first kappa shape index (κ1) is 30.3. The highest BCUT2D eigenvalue weighted by atomic mass is 28.3. The Morgan fingerprint density at radius 2 is 1.66 bits per heavy atom. The van der Waals surface area contributed by atoms with E-state index in [2.05, 4.69) is 49.2 Å². The summed E-state index contributed by atoms with van der Waals surface area (Å²) in [6.45, 7) is 15.3. The molecule has 0 bridgehead atoms. The predicted molar refractivity (Wildman–Crippen MR) is 158 cm³/mol. The van der Waals surface area contributed by atoms with Gasteiger partial charge in [0.25, 0.3) is 5.91 Å². The summed E-state index contributed by atoms with van der Waals surface area (Å²) in [7, 11) is 0.0477. The minimum atomic E-state index is -1.74. The zero-order valence-corrected chi connectivity index (χ0v) is 25.7. The molecule has 1 unspecified atom stereocenters. The molecule has 1 amide bonds. The molecule has 210 valence electrons. The number of benzene rings is 2. The molecule has 6 nitrogen and oxygen atoms in total. The monoisotopic (exact) mass is 540 g/mol. The molecular weight excluding hydrogens is 492 g/mol. The second-order valence-electron chi connectivity index (χ2n) is 12.0. The van der Waals surface area contributed by atoms with Crippen LogP contribution in [0.5, 0.6) is 5.75 Å². The highest BCUT2D eigenvalue weighted by Gasteiger charge is 2.64. The number of unbranched alkanes of at least 4 members (excludes halogenated alkanes) is 1. The van der Waals surface area contributed by atoms with Gasteiger partial charge in [0.05, 0.1) is 6.61 Å². The number of hydrogen-bond acceptors (Lipinski definition) is 5. The summed E-state index contributed by atoms with van der Waals surface area (Å²) >= 11 is 0. The lowest BCUT2D eigenvalue weighted by molar-refractivity contribution is -0.207. The molecule has 1 saturated heterocycles. The lowest BCUT2D eigenvalue weighted by atomic mass is 9.62. The number of carbonyl (C=O) groups excluding carboxylic acids is 1. The Bertz CT molecular complexity index is 1010. The zero-order chi connectivity index (χ0) is 28.0. The number of piperidine rings is 1. The number of ether oxygens (including phenoxy) is 1. The van der Waals surface area contributed by atoms with E-state index in [0.717, 1.165) is 30.8 Å². The number of likely N-dealkylation sites (N-methyl/N-ethyl adjacent to an activating group) is 1. The molecule has 0 radical (unpaired) electrons. The van der Waals surface area contributed by atoms with Gasteiger partial charge in [-0.15, -0.1) is 0 Å². The summed E-state index contributed by atoms with van der Waals surface area (Å²) < 4.78 is 12.6. The smallest absolute Gasteiger partial charge is 0.261 e. The van der Waals surface area contributed by atoms with E-state index in [1.54, 1.807) is 11.9 Å². The maximum atomic E-state index is 14.5. The summed E-state index contributed by atoms with van der Waals surface area (Å²) in [6.07, 6.45) is 3.03. The summed E-state index contributed by atoms with van der Waals surface area (Å²) in [5.41, 5.74) is -1.28. The van der Waals surface area contributed by atoms with Crippen LogP contribution in [0.2, 0.25) is 13.1 Å². The molecule has 1 N–H and O–H groups in total. The van der Waals surface area contributed by atoms with E-state index in [-0.39, 0.29) is 5.91 Å². The maximum absolute atomic E-state index is 14.5. The van der Waals surface area contributed by atoms with E-state index in [4.69, 9.17) is 9.16 Å². The van der Waals surface area contributed by atoms with Crippen LogP contribution in [0.25, 0.3) is 0 Å². The molecule has 0 saturated carbocycles. The molecule has 1 aliphatic rings. The minimum Gasteiger partial charge on any atom is -0.494 e. The van der Waals surface area contributed by atoms with Gasteiger partial charge in [-0.25, -0.2) is 0 Å². The summed E-state index contributed by atoms with van der Waals surface area (Å²) in [5, 5.41) is 12.4. The van der Waals surface area contributed by atoms with Gasteiger partial charge in [0.15, 0.2) is 14.6 Å². The van der Waals surface area contributed by atoms with Crippen molar-refractivity contribution in [2.45, 2.75) is 84.2 Å². The SMILES string of the molecule is CCCCOc1ccc(N(C)C(=O)C(O[SiH](C)C)(C(C)(C)C)C2(O)CCN(Cc3ccccc3)CC2)cc1. The van der Waals surface area contributed by atoms with Gasteiger partial charge in [0, 0.05) is 37.8 Å². The third-order valence-electron chi connectivity index (χ3n) is 7.65. The Morgan fingerprint density at radius 3 is 2.18 bits per heavy atom. The van der Waals surface area contributed by atoms with E-state index in [9.17, 15) is 9.90 Å². The highest BCUT2D eigenvalue weighted by molar-refractivity contribution is 6.49. The van der Waals surface area contributed by atoms with Gasteiger partial charge in [0.1, 0.15) is 11.4 Å². The van der Waals surface area contributed by atoms with Gasteiger partial charge >= 0.3 is 0 Å². The van der Waals surface area contributed by atoms with Crippen molar-refractivity contribution in [1.82, 2.24) is 4.90 Å². The Hall–Kier alpha value is -2.19. The minimum absolute atomic E-state index is 0.190. The lowest BCUT2D eigenvalue weighted by Gasteiger charge is -2.57. The number of rotatable bonds is 11. The van der Waals surface area contributed by atoms with Crippen LogP contribution in [-0.4, -0.2) is 62.9 Å². The average molecular weight is 541 g/mol. The second kappa shape index (κ2) is 12.8. The van der Waals surface area contributed by atoms with Crippen molar-refractivity contribution < 1.29 is 19.1 Å². The van der Waals surface area contributed by atoms with Gasteiger partial charge in [-0.3, -0.25) is 9.69 Å². The van der Waals surface area contributed by atoms with Crippen molar-refractivity contribution in [2.75, 3.05) is 31.6 Å².